The topological polar surface area (TPSA) is 29.5 Å². The van der Waals surface area contributed by atoms with Gasteiger partial charge in [0.1, 0.15) is 5.75 Å². The Morgan fingerprint density at radius 3 is 2.35 bits per heavy atom. The van der Waals surface area contributed by atoms with Crippen LogP contribution in [0.4, 0.5) is 13.2 Å². The fourth-order valence-electron chi connectivity index (χ4n) is 1.20. The maximum atomic E-state index is 11.8. The van der Waals surface area contributed by atoms with Crippen molar-refractivity contribution in [3.63, 3.8) is 0 Å². The Morgan fingerprint density at radius 1 is 1.18 bits per heavy atom. The minimum atomic E-state index is -4.20. The molecule has 0 fully saturated rings. The molecule has 0 unspecified atom stereocenters. The highest BCUT2D eigenvalue weighted by atomic mass is 32.2. The van der Waals surface area contributed by atoms with Crippen LogP contribution in [0.3, 0.4) is 0 Å². The first-order chi connectivity index (χ1) is 8.01. The van der Waals surface area contributed by atoms with Crippen LogP contribution in [0, 0.1) is 0 Å². The van der Waals surface area contributed by atoms with E-state index in [2.05, 4.69) is 0 Å². The van der Waals surface area contributed by atoms with Crippen LogP contribution in [0.2, 0.25) is 0 Å². The zero-order valence-electron chi connectivity index (χ0n) is 9.04. The Balaban J connectivity index is 2.27. The average Bonchev–Trinajstić information content (AvgIpc) is 2.26. The third-order valence-corrected chi connectivity index (χ3v) is 2.64. The third kappa shape index (κ3) is 6.43. The maximum absolute atomic E-state index is 11.8. The quantitative estimate of drug-likeness (QED) is 0.803. The van der Waals surface area contributed by atoms with Gasteiger partial charge >= 0.3 is 5.51 Å². The molecule has 0 atom stereocenters. The van der Waals surface area contributed by atoms with Crippen molar-refractivity contribution in [3.05, 3.63) is 29.8 Å². The lowest BCUT2D eigenvalue weighted by molar-refractivity contribution is -0.0329. The van der Waals surface area contributed by atoms with Gasteiger partial charge in [-0.05, 0) is 35.9 Å². The summed E-state index contributed by atoms with van der Waals surface area (Å²) in [4.78, 5) is 0. The molecule has 0 saturated heterocycles. The molecule has 0 bridgehead atoms. The van der Waals surface area contributed by atoms with E-state index < -0.39 is 5.51 Å². The van der Waals surface area contributed by atoms with Crippen molar-refractivity contribution in [3.8, 4) is 5.75 Å². The molecule has 6 heteroatoms. The summed E-state index contributed by atoms with van der Waals surface area (Å²) in [5.41, 5.74) is -3.24. The smallest absolute Gasteiger partial charge is 0.441 e. The SMILES string of the molecule is OCCc1ccc(OCCSC(F)(F)F)cc1. The Hall–Kier alpha value is -0.880. The van der Waals surface area contributed by atoms with Gasteiger partial charge in [0.2, 0.25) is 0 Å². The number of aliphatic hydroxyl groups is 1. The first-order valence-corrected chi connectivity index (χ1v) is 6.03. The largest absolute Gasteiger partial charge is 0.493 e. The van der Waals surface area contributed by atoms with Crippen molar-refractivity contribution in [2.75, 3.05) is 19.0 Å². The van der Waals surface area contributed by atoms with Crippen LogP contribution in [-0.2, 0) is 6.42 Å². The van der Waals surface area contributed by atoms with Crippen molar-refractivity contribution in [2.45, 2.75) is 11.9 Å². The third-order valence-electron chi connectivity index (χ3n) is 1.94. The highest BCUT2D eigenvalue weighted by Crippen LogP contribution is 2.29. The van der Waals surface area contributed by atoms with E-state index in [1.807, 2.05) is 0 Å². The predicted molar refractivity (Wildman–Crippen MR) is 61.2 cm³/mol. The molecule has 0 radical (unpaired) electrons. The molecule has 0 heterocycles. The normalized spacial score (nSPS) is 11.5. The van der Waals surface area contributed by atoms with Crippen LogP contribution in [0.25, 0.3) is 0 Å². The van der Waals surface area contributed by atoms with E-state index in [0.717, 1.165) is 5.56 Å². The van der Waals surface area contributed by atoms with Crippen LogP contribution in [0.1, 0.15) is 5.56 Å². The van der Waals surface area contributed by atoms with Crippen LogP contribution in [-0.4, -0.2) is 29.6 Å². The van der Waals surface area contributed by atoms with E-state index in [-0.39, 0.29) is 30.7 Å². The predicted octanol–water partition coefficient (Wildman–Crippen LogP) is 2.85. The molecule has 0 aliphatic carbocycles. The summed E-state index contributed by atoms with van der Waals surface area (Å²) in [6.45, 7) is 0.0892. The Labute approximate surface area is 102 Å². The summed E-state index contributed by atoms with van der Waals surface area (Å²) in [5.74, 6) is 0.413. The minimum Gasteiger partial charge on any atom is -0.493 e. The first-order valence-electron chi connectivity index (χ1n) is 5.04. The van der Waals surface area contributed by atoms with Crippen molar-refractivity contribution >= 4 is 11.8 Å². The van der Waals surface area contributed by atoms with Crippen molar-refractivity contribution in [1.82, 2.24) is 0 Å². The first kappa shape index (κ1) is 14.2. The van der Waals surface area contributed by atoms with E-state index in [1.54, 1.807) is 24.3 Å². The number of hydrogen-bond acceptors (Lipinski definition) is 3. The molecule has 0 aromatic heterocycles. The Kier molecular flexibility index (Phi) is 5.64. The zero-order valence-corrected chi connectivity index (χ0v) is 9.85. The zero-order chi connectivity index (χ0) is 12.7. The molecule has 0 saturated carbocycles. The summed E-state index contributed by atoms with van der Waals surface area (Å²) in [6.07, 6.45) is 0.560. The van der Waals surface area contributed by atoms with Crippen LogP contribution in [0.15, 0.2) is 24.3 Å². The molecule has 0 aliphatic rings. The number of thioether (sulfide) groups is 1. The van der Waals surface area contributed by atoms with Gasteiger partial charge in [0.15, 0.2) is 0 Å². The summed E-state index contributed by atoms with van der Waals surface area (Å²) >= 11 is -0.0940. The van der Waals surface area contributed by atoms with Gasteiger partial charge in [-0.2, -0.15) is 13.2 Å². The van der Waals surface area contributed by atoms with E-state index >= 15 is 0 Å². The van der Waals surface area contributed by atoms with Gasteiger partial charge in [-0.25, -0.2) is 0 Å². The Bertz CT molecular complexity index is 324. The molecule has 2 nitrogen and oxygen atoms in total. The number of alkyl halides is 3. The van der Waals surface area contributed by atoms with Gasteiger partial charge in [0.05, 0.1) is 6.61 Å². The molecule has 0 amide bonds. The second kappa shape index (κ2) is 6.76. The second-order valence-corrected chi connectivity index (χ2v) is 4.42. The number of ether oxygens (including phenoxy) is 1. The fourth-order valence-corrected chi connectivity index (χ4v) is 1.60. The molecular weight excluding hydrogens is 253 g/mol. The van der Waals surface area contributed by atoms with Crippen LogP contribution < -0.4 is 4.74 Å². The summed E-state index contributed by atoms with van der Waals surface area (Å²) in [7, 11) is 0. The lowest BCUT2D eigenvalue weighted by Crippen LogP contribution is -2.07. The van der Waals surface area contributed by atoms with Crippen molar-refractivity contribution in [2.24, 2.45) is 0 Å². The van der Waals surface area contributed by atoms with E-state index in [0.29, 0.717) is 12.2 Å². The molecular formula is C11H13F3O2S. The molecule has 1 N–H and O–H groups in total. The van der Waals surface area contributed by atoms with Gasteiger partial charge in [-0.1, -0.05) is 12.1 Å². The number of halogens is 3. The van der Waals surface area contributed by atoms with E-state index in [4.69, 9.17) is 9.84 Å². The molecule has 1 rings (SSSR count). The number of benzene rings is 1. The number of rotatable bonds is 6. The van der Waals surface area contributed by atoms with Crippen LogP contribution >= 0.6 is 11.8 Å². The molecule has 0 aliphatic heterocycles. The van der Waals surface area contributed by atoms with Gasteiger partial charge in [-0.3, -0.25) is 0 Å². The molecule has 1 aromatic carbocycles. The summed E-state index contributed by atoms with van der Waals surface area (Å²) in [6, 6.07) is 6.93. The van der Waals surface area contributed by atoms with E-state index in [9.17, 15) is 13.2 Å². The highest BCUT2D eigenvalue weighted by Gasteiger charge is 2.27. The minimum absolute atomic E-state index is 0.0174. The van der Waals surface area contributed by atoms with Crippen molar-refractivity contribution < 1.29 is 23.0 Å². The van der Waals surface area contributed by atoms with Gasteiger partial charge in [0.25, 0.3) is 0 Å². The molecule has 1 aromatic rings. The van der Waals surface area contributed by atoms with Gasteiger partial charge < -0.3 is 9.84 Å². The van der Waals surface area contributed by atoms with Crippen LogP contribution in [0.5, 0.6) is 5.75 Å². The van der Waals surface area contributed by atoms with Gasteiger partial charge in [0, 0.05) is 12.4 Å². The Morgan fingerprint density at radius 2 is 1.82 bits per heavy atom. The molecule has 96 valence electrons. The molecule has 17 heavy (non-hydrogen) atoms. The van der Waals surface area contributed by atoms with E-state index in [1.165, 1.54) is 0 Å². The monoisotopic (exact) mass is 266 g/mol. The standard InChI is InChI=1S/C11H13F3O2S/c12-11(13,14)17-8-7-16-10-3-1-9(2-4-10)5-6-15/h1-4,15H,5-8H2. The number of hydrogen-bond donors (Lipinski definition) is 1. The fraction of sp³-hybridized carbons (Fsp3) is 0.455. The average molecular weight is 266 g/mol. The lowest BCUT2D eigenvalue weighted by atomic mass is 10.1. The second-order valence-electron chi connectivity index (χ2n) is 3.26. The highest BCUT2D eigenvalue weighted by molar-refractivity contribution is 8.00. The van der Waals surface area contributed by atoms with Gasteiger partial charge in [-0.15, -0.1) is 0 Å². The molecule has 0 spiro atoms. The summed E-state index contributed by atoms with van der Waals surface area (Å²) < 4.78 is 40.6. The lowest BCUT2D eigenvalue weighted by Gasteiger charge is -2.08. The summed E-state index contributed by atoms with van der Waals surface area (Å²) in [5, 5.41) is 8.70. The van der Waals surface area contributed by atoms with Crippen molar-refractivity contribution in [1.29, 1.82) is 0 Å². The maximum Gasteiger partial charge on any atom is 0.441 e. The number of aliphatic hydroxyl groups excluding tert-OH is 1.